The summed E-state index contributed by atoms with van der Waals surface area (Å²) >= 11 is 0. The Hall–Kier alpha value is -0.0631. The lowest BCUT2D eigenvalue weighted by atomic mass is 10.6. The summed E-state index contributed by atoms with van der Waals surface area (Å²) in [4.78, 5) is 0. The van der Waals surface area contributed by atoms with Gasteiger partial charge in [0.05, 0.1) is 72.7 Å². The first-order valence-corrected chi connectivity index (χ1v) is 12.1. The Labute approximate surface area is 148 Å². The van der Waals surface area contributed by atoms with Crippen LogP contribution in [0.15, 0.2) is 0 Å². The first kappa shape index (κ1) is 23.9. The Morgan fingerprint density at radius 1 is 0.542 bits per heavy atom. The Kier molecular flexibility index (Phi) is 17.7. The van der Waals surface area contributed by atoms with Gasteiger partial charge < -0.3 is 33.4 Å². The van der Waals surface area contributed by atoms with Crippen molar-refractivity contribution in [2.24, 2.45) is 0 Å². The van der Waals surface area contributed by atoms with Crippen LogP contribution in [0.4, 0.5) is 0 Å². The zero-order valence-corrected chi connectivity index (χ0v) is 16.9. The van der Waals surface area contributed by atoms with E-state index in [4.69, 9.17) is 28.1 Å². The minimum Gasteiger partial charge on any atom is -0.415 e. The second kappa shape index (κ2) is 17.8. The van der Waals surface area contributed by atoms with E-state index in [0.29, 0.717) is 72.7 Å². The van der Waals surface area contributed by atoms with E-state index in [1.807, 2.05) is 7.05 Å². The number of hydrogen-bond donors (Lipinski definition) is 1. The summed E-state index contributed by atoms with van der Waals surface area (Å²) in [5.41, 5.74) is 0. The van der Waals surface area contributed by atoms with Gasteiger partial charge in [0.25, 0.3) is 0 Å². The van der Waals surface area contributed by atoms with E-state index in [0.717, 1.165) is 6.54 Å². The SMILES string of the molecule is CNCCOCCOCCOCCOCCOCCO[Si](C)(C)C. The molecule has 1 N–H and O–H groups in total. The average molecular weight is 368 g/mol. The van der Waals surface area contributed by atoms with Crippen LogP contribution >= 0.6 is 0 Å². The van der Waals surface area contributed by atoms with Crippen LogP contribution in [0.25, 0.3) is 0 Å². The summed E-state index contributed by atoms with van der Waals surface area (Å²) < 4.78 is 32.6. The summed E-state index contributed by atoms with van der Waals surface area (Å²) in [6.45, 7) is 14.0. The van der Waals surface area contributed by atoms with Crippen molar-refractivity contribution in [1.82, 2.24) is 5.32 Å². The molecule has 0 aliphatic heterocycles. The molecule has 0 saturated heterocycles. The lowest BCUT2D eigenvalue weighted by Gasteiger charge is -2.16. The highest BCUT2D eigenvalue weighted by molar-refractivity contribution is 6.69. The van der Waals surface area contributed by atoms with Gasteiger partial charge >= 0.3 is 0 Å². The van der Waals surface area contributed by atoms with E-state index < -0.39 is 8.32 Å². The molecule has 0 unspecified atom stereocenters. The van der Waals surface area contributed by atoms with E-state index in [2.05, 4.69) is 25.0 Å². The van der Waals surface area contributed by atoms with Crippen molar-refractivity contribution >= 4 is 8.32 Å². The van der Waals surface area contributed by atoms with E-state index in [9.17, 15) is 0 Å². The summed E-state index contributed by atoms with van der Waals surface area (Å²) in [6.07, 6.45) is 0. The van der Waals surface area contributed by atoms with Gasteiger partial charge in [-0.1, -0.05) is 0 Å². The highest BCUT2D eigenvalue weighted by Gasteiger charge is 2.12. The minimum absolute atomic E-state index is 0.570. The highest BCUT2D eigenvalue weighted by Crippen LogP contribution is 2.01. The van der Waals surface area contributed by atoms with Crippen LogP contribution in [0.1, 0.15) is 0 Å². The molecule has 0 aliphatic carbocycles. The van der Waals surface area contributed by atoms with Gasteiger partial charge in [-0.3, -0.25) is 0 Å². The quantitative estimate of drug-likeness (QED) is 0.271. The molecule has 0 aromatic carbocycles. The van der Waals surface area contributed by atoms with Gasteiger partial charge in [0.1, 0.15) is 0 Å². The summed E-state index contributed by atoms with van der Waals surface area (Å²) in [6, 6.07) is 0. The molecule has 0 heterocycles. The third kappa shape index (κ3) is 21.9. The van der Waals surface area contributed by atoms with Crippen molar-refractivity contribution in [2.45, 2.75) is 19.6 Å². The molecule has 0 aromatic heterocycles. The Bertz CT molecular complexity index is 253. The molecular weight excluding hydrogens is 330 g/mol. The molecule has 0 radical (unpaired) electrons. The van der Waals surface area contributed by atoms with Gasteiger partial charge in [0, 0.05) is 6.54 Å². The third-order valence-corrected chi connectivity index (χ3v) is 3.82. The zero-order valence-electron chi connectivity index (χ0n) is 15.9. The van der Waals surface area contributed by atoms with Crippen LogP contribution in [0, 0.1) is 0 Å². The molecule has 8 heteroatoms. The van der Waals surface area contributed by atoms with Crippen molar-refractivity contribution in [1.29, 1.82) is 0 Å². The Morgan fingerprint density at radius 2 is 0.875 bits per heavy atom. The van der Waals surface area contributed by atoms with Crippen molar-refractivity contribution in [3.05, 3.63) is 0 Å². The van der Waals surface area contributed by atoms with Crippen molar-refractivity contribution in [3.8, 4) is 0 Å². The maximum atomic E-state index is 5.68. The fourth-order valence-corrected chi connectivity index (χ4v) is 2.26. The lowest BCUT2D eigenvalue weighted by Crippen LogP contribution is -2.27. The van der Waals surface area contributed by atoms with E-state index in [1.54, 1.807) is 0 Å². The van der Waals surface area contributed by atoms with Crippen LogP contribution in [-0.2, 0) is 28.1 Å². The molecule has 7 nitrogen and oxygen atoms in total. The minimum atomic E-state index is -1.42. The number of ether oxygens (including phenoxy) is 5. The molecule has 0 spiro atoms. The van der Waals surface area contributed by atoms with Crippen molar-refractivity contribution in [2.75, 3.05) is 86.3 Å². The molecular formula is C16H37NO6Si. The molecule has 0 fully saturated rings. The highest BCUT2D eigenvalue weighted by atomic mass is 28.4. The molecule has 24 heavy (non-hydrogen) atoms. The number of nitrogens with one attached hydrogen (secondary N) is 1. The van der Waals surface area contributed by atoms with E-state index in [1.165, 1.54) is 0 Å². The molecule has 0 saturated carbocycles. The van der Waals surface area contributed by atoms with Crippen LogP contribution in [0.2, 0.25) is 19.6 Å². The molecule has 0 rings (SSSR count). The number of hydrogen-bond acceptors (Lipinski definition) is 7. The van der Waals surface area contributed by atoms with Crippen molar-refractivity contribution in [3.63, 3.8) is 0 Å². The second-order valence-electron chi connectivity index (χ2n) is 6.13. The van der Waals surface area contributed by atoms with Gasteiger partial charge in [-0.15, -0.1) is 0 Å². The van der Waals surface area contributed by atoms with Gasteiger partial charge in [-0.25, -0.2) is 0 Å². The largest absolute Gasteiger partial charge is 0.415 e. The number of likely N-dealkylation sites (N-methyl/N-ethyl adjacent to an activating group) is 1. The molecule has 146 valence electrons. The predicted octanol–water partition coefficient (Wildman–Crippen LogP) is 1.14. The second-order valence-corrected chi connectivity index (χ2v) is 10.6. The summed E-state index contributed by atoms with van der Waals surface area (Å²) in [7, 11) is 0.486. The fourth-order valence-electron chi connectivity index (χ4n) is 1.56. The average Bonchev–Trinajstić information content (AvgIpc) is 2.52. The summed E-state index contributed by atoms with van der Waals surface area (Å²) in [5, 5.41) is 3.02. The first-order valence-electron chi connectivity index (χ1n) is 8.73. The molecule has 0 aliphatic rings. The Balaban J connectivity index is 3.00. The van der Waals surface area contributed by atoms with Gasteiger partial charge in [-0.05, 0) is 26.7 Å². The normalized spacial score (nSPS) is 12.0. The standard InChI is InChI=1S/C16H37NO6Si/c1-17-5-6-18-7-8-19-9-10-20-11-12-21-13-14-22-15-16-23-24(2,3)4/h17H,5-16H2,1-4H3. The molecule has 0 aromatic rings. The van der Waals surface area contributed by atoms with Gasteiger partial charge in [0.15, 0.2) is 8.32 Å². The maximum Gasteiger partial charge on any atom is 0.183 e. The van der Waals surface area contributed by atoms with Crippen LogP contribution in [-0.4, -0.2) is 94.6 Å². The van der Waals surface area contributed by atoms with Crippen LogP contribution in [0.5, 0.6) is 0 Å². The van der Waals surface area contributed by atoms with Crippen LogP contribution in [0.3, 0.4) is 0 Å². The van der Waals surface area contributed by atoms with Gasteiger partial charge in [-0.2, -0.15) is 0 Å². The smallest absolute Gasteiger partial charge is 0.183 e. The van der Waals surface area contributed by atoms with E-state index >= 15 is 0 Å². The summed E-state index contributed by atoms with van der Waals surface area (Å²) in [5.74, 6) is 0. The molecule has 0 amide bonds. The van der Waals surface area contributed by atoms with Crippen molar-refractivity contribution < 1.29 is 28.1 Å². The number of rotatable bonds is 19. The lowest BCUT2D eigenvalue weighted by molar-refractivity contribution is -0.0126. The monoisotopic (exact) mass is 367 g/mol. The molecule has 0 bridgehead atoms. The first-order chi connectivity index (χ1) is 11.6. The zero-order chi connectivity index (χ0) is 17.9. The fraction of sp³-hybridized carbons (Fsp3) is 1.00. The van der Waals surface area contributed by atoms with Gasteiger partial charge in [0.2, 0.25) is 0 Å². The Morgan fingerprint density at radius 3 is 1.21 bits per heavy atom. The predicted molar refractivity (Wildman–Crippen MR) is 97.3 cm³/mol. The van der Waals surface area contributed by atoms with E-state index in [-0.39, 0.29) is 0 Å². The third-order valence-electron chi connectivity index (χ3n) is 2.75. The molecule has 0 atom stereocenters. The topological polar surface area (TPSA) is 67.4 Å². The van der Waals surface area contributed by atoms with Crippen LogP contribution < -0.4 is 5.32 Å². The maximum absolute atomic E-state index is 5.68.